The second-order valence-corrected chi connectivity index (χ2v) is 7.66. The van der Waals surface area contributed by atoms with E-state index >= 15 is 0 Å². The zero-order valence-corrected chi connectivity index (χ0v) is 15.4. The van der Waals surface area contributed by atoms with Crippen molar-refractivity contribution in [1.82, 2.24) is 20.3 Å². The van der Waals surface area contributed by atoms with Crippen LogP contribution in [0.2, 0.25) is 0 Å². The smallest absolute Gasteiger partial charge is 0.273 e. The van der Waals surface area contributed by atoms with Crippen molar-refractivity contribution in [1.29, 1.82) is 0 Å². The zero-order chi connectivity index (χ0) is 19.4. The van der Waals surface area contributed by atoms with Crippen LogP contribution in [-0.4, -0.2) is 29.3 Å². The Morgan fingerprint density at radius 3 is 2.63 bits per heavy atom. The Morgan fingerprint density at radius 1 is 1.19 bits per heavy atom. The fourth-order valence-corrected chi connectivity index (χ4v) is 3.13. The predicted molar refractivity (Wildman–Crippen MR) is 99.3 cm³/mol. The number of hydrogen-bond acceptors (Lipinski definition) is 5. The number of rotatable bonds is 6. The molecule has 0 saturated carbocycles. The van der Waals surface area contributed by atoms with E-state index in [4.69, 9.17) is 5.14 Å². The first kappa shape index (κ1) is 18.7. The number of nitrogens with one attached hydrogen (secondary N) is 1. The number of sulfonamides is 1. The average molecular weight is 385 g/mol. The minimum Gasteiger partial charge on any atom is -0.344 e. The van der Waals surface area contributed by atoms with Crippen LogP contribution >= 0.6 is 0 Å². The number of hydrogen-bond donors (Lipinski definition) is 2. The number of benzene rings is 2. The second kappa shape index (κ2) is 7.68. The third kappa shape index (κ3) is 4.78. The lowest BCUT2D eigenvalue weighted by Crippen LogP contribution is -2.27. The lowest BCUT2D eigenvalue weighted by molar-refractivity contribution is 0.0934. The van der Waals surface area contributed by atoms with Gasteiger partial charge in [-0.1, -0.05) is 47.7 Å². The Hall–Kier alpha value is -3.04. The molecule has 9 heteroatoms. The molecule has 3 rings (SSSR count). The first-order valence-corrected chi connectivity index (χ1v) is 9.75. The van der Waals surface area contributed by atoms with E-state index in [-0.39, 0.29) is 10.6 Å². The molecule has 0 bridgehead atoms. The van der Waals surface area contributed by atoms with Gasteiger partial charge in [0.15, 0.2) is 5.69 Å². The van der Waals surface area contributed by atoms with Gasteiger partial charge in [-0.15, -0.1) is 5.10 Å². The molecule has 0 spiro atoms. The highest BCUT2D eigenvalue weighted by Crippen LogP contribution is 2.17. The molecule has 0 aliphatic rings. The topological polar surface area (TPSA) is 120 Å². The summed E-state index contributed by atoms with van der Waals surface area (Å²) in [6.07, 6.45) is 1.57. The van der Waals surface area contributed by atoms with Gasteiger partial charge in [-0.05, 0) is 30.2 Å². The molecule has 1 aromatic heterocycles. The molecule has 3 N–H and O–H groups in total. The number of nitrogens with zero attached hydrogens (tertiary/aromatic N) is 3. The molecule has 140 valence electrons. The first-order chi connectivity index (χ1) is 12.8. The summed E-state index contributed by atoms with van der Waals surface area (Å²) in [6.45, 7) is 2.25. The van der Waals surface area contributed by atoms with Crippen LogP contribution < -0.4 is 10.5 Å². The van der Waals surface area contributed by atoms with Gasteiger partial charge in [0.25, 0.3) is 5.91 Å². The van der Waals surface area contributed by atoms with Crippen molar-refractivity contribution in [2.75, 3.05) is 0 Å². The number of carbonyl (C=O) groups excluding carboxylic acids is 1. The maximum absolute atomic E-state index is 12.4. The van der Waals surface area contributed by atoms with Crippen LogP contribution in [-0.2, 0) is 16.6 Å². The van der Waals surface area contributed by atoms with Gasteiger partial charge in [0.05, 0.1) is 23.7 Å². The van der Waals surface area contributed by atoms with E-state index in [1.807, 2.05) is 30.3 Å². The number of carbonyl (C=O) groups is 1. The molecule has 1 heterocycles. The van der Waals surface area contributed by atoms with Gasteiger partial charge in [-0.25, -0.2) is 18.2 Å². The molecule has 3 aromatic rings. The molecule has 0 saturated heterocycles. The van der Waals surface area contributed by atoms with Crippen LogP contribution in [0.3, 0.4) is 0 Å². The Kier molecular flexibility index (Phi) is 5.33. The van der Waals surface area contributed by atoms with Crippen LogP contribution in [0, 0.1) is 0 Å². The highest BCUT2D eigenvalue weighted by atomic mass is 32.2. The van der Waals surface area contributed by atoms with Crippen molar-refractivity contribution >= 4 is 15.9 Å². The fourth-order valence-electron chi connectivity index (χ4n) is 2.56. The minimum atomic E-state index is -3.80. The van der Waals surface area contributed by atoms with Crippen LogP contribution in [0.25, 0.3) is 0 Å². The largest absolute Gasteiger partial charge is 0.344 e. The molecular formula is C18H19N5O3S. The van der Waals surface area contributed by atoms with Gasteiger partial charge in [0, 0.05) is 0 Å². The molecule has 1 unspecified atom stereocenters. The van der Waals surface area contributed by atoms with E-state index in [0.29, 0.717) is 12.1 Å². The van der Waals surface area contributed by atoms with Crippen molar-refractivity contribution in [3.05, 3.63) is 77.6 Å². The van der Waals surface area contributed by atoms with Crippen LogP contribution in [0.15, 0.2) is 65.7 Å². The highest BCUT2D eigenvalue weighted by molar-refractivity contribution is 7.89. The summed E-state index contributed by atoms with van der Waals surface area (Å²) in [6, 6.07) is 15.4. The first-order valence-electron chi connectivity index (χ1n) is 8.20. The van der Waals surface area contributed by atoms with E-state index < -0.39 is 22.0 Å². The Labute approximate surface area is 157 Å². The van der Waals surface area contributed by atoms with Crippen LogP contribution in [0.1, 0.15) is 34.6 Å². The Bertz CT molecular complexity index is 1050. The summed E-state index contributed by atoms with van der Waals surface area (Å²) < 4.78 is 24.5. The Morgan fingerprint density at radius 2 is 1.93 bits per heavy atom. The van der Waals surface area contributed by atoms with Crippen molar-refractivity contribution in [2.24, 2.45) is 5.14 Å². The summed E-state index contributed by atoms with van der Waals surface area (Å²) in [5, 5.41) is 15.8. The number of aromatic nitrogens is 3. The second-order valence-electron chi connectivity index (χ2n) is 6.10. The van der Waals surface area contributed by atoms with E-state index in [9.17, 15) is 13.2 Å². The van der Waals surface area contributed by atoms with Gasteiger partial charge >= 0.3 is 0 Å². The van der Waals surface area contributed by atoms with Gasteiger partial charge in [-0.3, -0.25) is 4.79 Å². The molecule has 0 fully saturated rings. The van der Waals surface area contributed by atoms with Crippen LogP contribution in [0.5, 0.6) is 0 Å². The maximum Gasteiger partial charge on any atom is 0.273 e. The fraction of sp³-hybridized carbons (Fsp3) is 0.167. The normalized spacial score (nSPS) is 12.5. The molecule has 0 aliphatic heterocycles. The third-order valence-electron chi connectivity index (χ3n) is 3.99. The van der Waals surface area contributed by atoms with Crippen molar-refractivity contribution < 1.29 is 13.2 Å². The van der Waals surface area contributed by atoms with Crippen LogP contribution in [0.4, 0.5) is 0 Å². The molecule has 0 radical (unpaired) electrons. The summed E-state index contributed by atoms with van der Waals surface area (Å²) in [5.41, 5.74) is 1.84. The molecule has 27 heavy (non-hydrogen) atoms. The van der Waals surface area contributed by atoms with Crippen molar-refractivity contribution in [3.8, 4) is 0 Å². The monoisotopic (exact) mass is 385 g/mol. The van der Waals surface area contributed by atoms with Gasteiger partial charge < -0.3 is 5.32 Å². The SMILES string of the molecule is CC(NC(=O)c1cn(Cc2ccccc2)nn1)c1cccc(S(N)(=O)=O)c1. The summed E-state index contributed by atoms with van der Waals surface area (Å²) in [7, 11) is -3.80. The average Bonchev–Trinajstić information content (AvgIpc) is 3.10. The maximum atomic E-state index is 12.4. The lowest BCUT2D eigenvalue weighted by atomic mass is 10.1. The van der Waals surface area contributed by atoms with Gasteiger partial charge in [0.2, 0.25) is 10.0 Å². The van der Waals surface area contributed by atoms with Crippen molar-refractivity contribution in [3.63, 3.8) is 0 Å². The molecule has 1 atom stereocenters. The number of nitrogens with two attached hydrogens (primary N) is 1. The van der Waals surface area contributed by atoms with Gasteiger partial charge in [-0.2, -0.15) is 0 Å². The molecule has 1 amide bonds. The summed E-state index contributed by atoms with van der Waals surface area (Å²) >= 11 is 0. The molecule has 2 aromatic carbocycles. The molecular weight excluding hydrogens is 366 g/mol. The highest BCUT2D eigenvalue weighted by Gasteiger charge is 2.16. The third-order valence-corrected chi connectivity index (χ3v) is 4.90. The number of primary sulfonamides is 1. The van der Waals surface area contributed by atoms with E-state index in [2.05, 4.69) is 15.6 Å². The van der Waals surface area contributed by atoms with E-state index in [0.717, 1.165) is 5.56 Å². The quantitative estimate of drug-likeness (QED) is 0.666. The van der Waals surface area contributed by atoms with Gasteiger partial charge in [0.1, 0.15) is 0 Å². The summed E-state index contributed by atoms with van der Waals surface area (Å²) in [5.74, 6) is -0.400. The predicted octanol–water partition coefficient (Wildman–Crippen LogP) is 1.46. The zero-order valence-electron chi connectivity index (χ0n) is 14.6. The Balaban J connectivity index is 1.69. The molecule has 0 aliphatic carbocycles. The number of amides is 1. The molecule has 8 nitrogen and oxygen atoms in total. The minimum absolute atomic E-state index is 0.00472. The standard InChI is InChI=1S/C18H19N5O3S/c1-13(15-8-5-9-16(10-15)27(19,25)26)20-18(24)17-12-23(22-21-17)11-14-6-3-2-4-7-14/h2-10,12-13H,11H2,1H3,(H,20,24)(H2,19,25,26). The lowest BCUT2D eigenvalue weighted by Gasteiger charge is -2.14. The van der Waals surface area contributed by atoms with E-state index in [1.165, 1.54) is 12.1 Å². The van der Waals surface area contributed by atoms with Crippen molar-refractivity contribution in [2.45, 2.75) is 24.4 Å². The summed E-state index contributed by atoms with van der Waals surface area (Å²) in [4.78, 5) is 12.4. The van der Waals surface area contributed by atoms with E-state index in [1.54, 1.807) is 29.9 Å².